The molecule has 4 nitrogen and oxygen atoms in total. The highest BCUT2D eigenvalue weighted by molar-refractivity contribution is 6.31. The number of pyridine rings is 1. The lowest BCUT2D eigenvalue weighted by Crippen LogP contribution is -2.42. The monoisotopic (exact) mass is 334 g/mol. The molecule has 1 saturated heterocycles. The van der Waals surface area contributed by atoms with Gasteiger partial charge in [-0.15, -0.1) is 0 Å². The van der Waals surface area contributed by atoms with Crippen LogP contribution in [0.3, 0.4) is 0 Å². The minimum atomic E-state index is 0.198. The molecule has 0 radical (unpaired) electrons. The van der Waals surface area contributed by atoms with E-state index in [4.69, 9.17) is 16.3 Å². The molecule has 124 valence electrons. The summed E-state index contributed by atoms with van der Waals surface area (Å²) >= 11 is 6.05. The number of amides is 1. The number of allylic oxidation sites excluding steroid dienone is 2. The zero-order chi connectivity index (χ0) is 16.1. The van der Waals surface area contributed by atoms with Gasteiger partial charge in [0, 0.05) is 37.5 Å². The van der Waals surface area contributed by atoms with Crippen molar-refractivity contribution in [2.45, 2.75) is 32.1 Å². The SMILES string of the molecule is O=C(C1CC=CCC1)N1CCC(COc2ccncc2Cl)CC1. The van der Waals surface area contributed by atoms with Crippen molar-refractivity contribution < 1.29 is 9.53 Å². The zero-order valence-corrected chi connectivity index (χ0v) is 14.0. The van der Waals surface area contributed by atoms with Gasteiger partial charge in [-0.3, -0.25) is 9.78 Å². The highest BCUT2D eigenvalue weighted by Crippen LogP contribution is 2.26. The van der Waals surface area contributed by atoms with Gasteiger partial charge in [0.2, 0.25) is 5.91 Å². The first-order valence-electron chi connectivity index (χ1n) is 8.40. The number of aromatic nitrogens is 1. The van der Waals surface area contributed by atoms with Crippen molar-refractivity contribution in [3.63, 3.8) is 0 Å². The van der Waals surface area contributed by atoms with E-state index < -0.39 is 0 Å². The van der Waals surface area contributed by atoms with E-state index in [2.05, 4.69) is 17.1 Å². The summed E-state index contributed by atoms with van der Waals surface area (Å²) in [6.45, 7) is 2.34. The van der Waals surface area contributed by atoms with Crippen molar-refractivity contribution in [1.29, 1.82) is 0 Å². The van der Waals surface area contributed by atoms with Crippen molar-refractivity contribution in [3.05, 3.63) is 35.6 Å². The first kappa shape index (κ1) is 16.3. The predicted molar refractivity (Wildman–Crippen MR) is 90.5 cm³/mol. The van der Waals surface area contributed by atoms with E-state index in [-0.39, 0.29) is 5.92 Å². The molecule has 2 aliphatic rings. The minimum Gasteiger partial charge on any atom is -0.492 e. The topological polar surface area (TPSA) is 42.4 Å². The third-order valence-corrected chi connectivity index (χ3v) is 5.04. The van der Waals surface area contributed by atoms with Gasteiger partial charge in [-0.05, 0) is 38.0 Å². The lowest BCUT2D eigenvalue weighted by Gasteiger charge is -2.34. The average Bonchev–Trinajstić information content (AvgIpc) is 2.62. The van der Waals surface area contributed by atoms with Crippen LogP contribution < -0.4 is 4.74 Å². The Bertz CT molecular complexity index is 568. The standard InChI is InChI=1S/C18H23ClN2O2/c19-16-12-20-9-6-17(16)23-13-14-7-10-21(11-8-14)18(22)15-4-2-1-3-5-15/h1-2,6,9,12,14-15H,3-5,7-8,10-11,13H2. The van der Waals surface area contributed by atoms with Crippen LogP contribution in [0.2, 0.25) is 5.02 Å². The lowest BCUT2D eigenvalue weighted by molar-refractivity contribution is -0.137. The van der Waals surface area contributed by atoms with Gasteiger partial charge in [0.05, 0.1) is 6.61 Å². The number of nitrogens with zero attached hydrogens (tertiary/aromatic N) is 2. The number of ether oxygens (including phenoxy) is 1. The van der Waals surface area contributed by atoms with Crippen molar-refractivity contribution in [2.24, 2.45) is 11.8 Å². The first-order valence-corrected chi connectivity index (χ1v) is 8.78. The van der Waals surface area contributed by atoms with E-state index in [1.54, 1.807) is 18.5 Å². The van der Waals surface area contributed by atoms with Gasteiger partial charge in [0.15, 0.2) is 0 Å². The zero-order valence-electron chi connectivity index (χ0n) is 13.3. The molecule has 1 atom stereocenters. The summed E-state index contributed by atoms with van der Waals surface area (Å²) in [5, 5.41) is 0.547. The number of hydrogen-bond acceptors (Lipinski definition) is 3. The molecule has 1 aromatic rings. The second-order valence-corrected chi connectivity index (χ2v) is 6.77. The van der Waals surface area contributed by atoms with E-state index in [1.165, 1.54) is 0 Å². The maximum absolute atomic E-state index is 12.5. The van der Waals surface area contributed by atoms with E-state index >= 15 is 0 Å². The Balaban J connectivity index is 1.44. The molecule has 2 heterocycles. The number of piperidine rings is 1. The molecule has 0 bridgehead atoms. The number of likely N-dealkylation sites (tertiary alicyclic amines) is 1. The van der Waals surface area contributed by atoms with Crippen LogP contribution in [0.25, 0.3) is 0 Å². The molecule has 0 saturated carbocycles. The Kier molecular flexibility index (Phi) is 5.55. The number of hydrogen-bond donors (Lipinski definition) is 0. The molecule has 0 spiro atoms. The number of halogens is 1. The smallest absolute Gasteiger partial charge is 0.226 e. The van der Waals surface area contributed by atoms with Crippen LogP contribution in [0.5, 0.6) is 5.75 Å². The van der Waals surface area contributed by atoms with Gasteiger partial charge in [0.1, 0.15) is 10.8 Å². The van der Waals surface area contributed by atoms with Crippen molar-refractivity contribution in [3.8, 4) is 5.75 Å². The van der Waals surface area contributed by atoms with Crippen LogP contribution in [0.15, 0.2) is 30.6 Å². The van der Waals surface area contributed by atoms with Gasteiger partial charge < -0.3 is 9.64 Å². The second kappa shape index (κ2) is 7.82. The van der Waals surface area contributed by atoms with E-state index in [9.17, 15) is 4.79 Å². The minimum absolute atomic E-state index is 0.198. The molecule has 1 amide bonds. The molecular formula is C18H23ClN2O2. The Morgan fingerprint density at radius 1 is 1.30 bits per heavy atom. The maximum Gasteiger partial charge on any atom is 0.226 e. The van der Waals surface area contributed by atoms with Crippen LogP contribution in [0.4, 0.5) is 0 Å². The van der Waals surface area contributed by atoms with E-state index in [0.29, 0.717) is 29.2 Å². The maximum atomic E-state index is 12.5. The van der Waals surface area contributed by atoms with Crippen LogP contribution in [-0.2, 0) is 4.79 Å². The molecule has 1 fully saturated rings. The highest BCUT2D eigenvalue weighted by Gasteiger charge is 2.28. The average molecular weight is 335 g/mol. The molecule has 0 N–H and O–H groups in total. The highest BCUT2D eigenvalue weighted by atomic mass is 35.5. The van der Waals surface area contributed by atoms with E-state index in [0.717, 1.165) is 45.2 Å². The molecule has 1 aliphatic heterocycles. The molecule has 1 unspecified atom stereocenters. The van der Waals surface area contributed by atoms with E-state index in [1.807, 2.05) is 4.90 Å². The van der Waals surface area contributed by atoms with Crippen LogP contribution >= 0.6 is 11.6 Å². The summed E-state index contributed by atoms with van der Waals surface area (Å²) in [6.07, 6.45) is 12.5. The predicted octanol–water partition coefficient (Wildman–Crippen LogP) is 3.71. The lowest BCUT2D eigenvalue weighted by atomic mass is 9.91. The van der Waals surface area contributed by atoms with Crippen molar-refractivity contribution in [1.82, 2.24) is 9.88 Å². The molecular weight excluding hydrogens is 312 g/mol. The van der Waals surface area contributed by atoms with Gasteiger partial charge in [-0.25, -0.2) is 0 Å². The quantitative estimate of drug-likeness (QED) is 0.788. The van der Waals surface area contributed by atoms with Gasteiger partial charge in [-0.2, -0.15) is 0 Å². The molecule has 1 aromatic heterocycles. The molecule has 0 aromatic carbocycles. The normalized spacial score (nSPS) is 22.1. The third-order valence-electron chi connectivity index (χ3n) is 4.75. The molecule has 1 aliphatic carbocycles. The van der Waals surface area contributed by atoms with Crippen LogP contribution in [0, 0.1) is 11.8 Å². The summed E-state index contributed by atoms with van der Waals surface area (Å²) in [5.41, 5.74) is 0. The third kappa shape index (κ3) is 4.25. The Morgan fingerprint density at radius 2 is 2.13 bits per heavy atom. The summed E-state index contributed by atoms with van der Waals surface area (Å²) < 4.78 is 5.80. The summed E-state index contributed by atoms with van der Waals surface area (Å²) in [5.74, 6) is 1.71. The second-order valence-electron chi connectivity index (χ2n) is 6.37. The Morgan fingerprint density at radius 3 is 2.83 bits per heavy atom. The van der Waals surface area contributed by atoms with Crippen LogP contribution in [-0.4, -0.2) is 35.5 Å². The summed E-state index contributed by atoms with van der Waals surface area (Å²) in [4.78, 5) is 18.5. The number of rotatable bonds is 4. The van der Waals surface area contributed by atoms with Crippen molar-refractivity contribution in [2.75, 3.05) is 19.7 Å². The van der Waals surface area contributed by atoms with Gasteiger partial charge >= 0.3 is 0 Å². The largest absolute Gasteiger partial charge is 0.492 e. The van der Waals surface area contributed by atoms with Crippen molar-refractivity contribution >= 4 is 17.5 Å². The van der Waals surface area contributed by atoms with Crippen LogP contribution in [0.1, 0.15) is 32.1 Å². The fraction of sp³-hybridized carbons (Fsp3) is 0.556. The molecule has 5 heteroatoms. The molecule has 3 rings (SSSR count). The van der Waals surface area contributed by atoms with Gasteiger partial charge in [-0.1, -0.05) is 23.8 Å². The fourth-order valence-electron chi connectivity index (χ4n) is 3.28. The summed E-state index contributed by atoms with van der Waals surface area (Å²) in [6, 6.07) is 1.79. The first-order chi connectivity index (χ1) is 11.2. The number of carbonyl (C=O) groups excluding carboxylic acids is 1. The number of carbonyl (C=O) groups is 1. The summed E-state index contributed by atoms with van der Waals surface area (Å²) in [7, 11) is 0. The van der Waals surface area contributed by atoms with Gasteiger partial charge in [0.25, 0.3) is 0 Å². The fourth-order valence-corrected chi connectivity index (χ4v) is 3.46. The molecule has 23 heavy (non-hydrogen) atoms. The Labute approximate surface area is 142 Å². The Hall–Kier alpha value is -1.55.